The number of carbonyl (C=O) groups is 6. The van der Waals surface area contributed by atoms with Gasteiger partial charge in [-0.25, -0.2) is 49.1 Å². The molecule has 4 amide bonds. The molecular weight excluding hydrogens is 2070 g/mol. The number of H-pyrrole nitrogens is 6. The summed E-state index contributed by atoms with van der Waals surface area (Å²) in [7, 11) is 0. The number of nitrogens with zero attached hydrogens (tertiary/aromatic N) is 8. The van der Waals surface area contributed by atoms with Crippen LogP contribution in [0.1, 0.15) is 215 Å². The quantitative estimate of drug-likeness (QED) is 0.0153. The molecule has 0 saturated carbocycles. The number of ether oxygens (including phenoxy) is 2. The molecular formula is C116H142N22O10Pd2-2. The first-order valence-electron chi connectivity index (χ1n) is 51.2. The first-order chi connectivity index (χ1) is 70.8. The topological polar surface area (TPSA) is 464 Å². The Balaban J connectivity index is 0.000000171. The molecule has 18 N–H and O–H groups in total. The first kappa shape index (κ1) is 115. The number of carboxylic acids is 2. The summed E-state index contributed by atoms with van der Waals surface area (Å²) in [6.45, 7) is 20.8. The standard InChI is InChI=1S/2C31H37N7O.C26H28N6.2C13H17NO4.2CH3.2Pd/c2*1-19(2)28(32)31(39)38-16-4-6-27(38)30-35-18-26(37-30)23-13-9-21(10-14-23)20-7-11-22(12-8-20)25-17-34-29(36-25)24-5-3-15-33-24;1-3-21(27-13-1)25-29-15-23(31-25)19-9-5-17(6-10-19)18-7-11-20(12-8-18)24-16-30-26(32-24)22-4-2-14-28-22;2*1-9(2)11(12(15)16)14-13(17)18-8-10-6-4-3-5-7-10;;;;/h2*7-14,17-19,24,27-28,33H,3-6,15-16,32H2,1-2H3,(H,34,36)(H,35,37);5-12,15-16,21-22,27-28H,1-4,13-14H2,(H,29,31)(H,30,32);2*3-7,9,11H,8H2,1-2H3,(H,14,17)(H,15,16);2*1H3;;/q;;;;;2*-1;;/t24-,27-,28+;24-,27-,28-;21-,22-;2*11-;;;;/m00010..../s1. The van der Waals surface area contributed by atoms with Crippen LogP contribution in [0.4, 0.5) is 9.59 Å². The zero-order valence-corrected chi connectivity index (χ0v) is 90.0. The molecule has 6 aromatic heterocycles. The number of aromatic nitrogens is 12. The van der Waals surface area contributed by atoms with Crippen LogP contribution < -0.4 is 43.4 Å². The predicted octanol–water partition coefficient (Wildman–Crippen LogP) is 20.3. The number of aliphatic carboxylic acids is 2. The smallest absolute Gasteiger partial charge is 0.408 e. The van der Waals surface area contributed by atoms with E-state index >= 15 is 0 Å². The van der Waals surface area contributed by atoms with Gasteiger partial charge in [0.2, 0.25) is 11.8 Å². The van der Waals surface area contributed by atoms with Crippen molar-refractivity contribution in [1.29, 1.82) is 0 Å². The fourth-order valence-electron chi connectivity index (χ4n) is 19.1. The van der Waals surface area contributed by atoms with E-state index in [1.807, 2.05) is 135 Å². The van der Waals surface area contributed by atoms with Crippen molar-refractivity contribution in [3.63, 3.8) is 0 Å². The van der Waals surface area contributed by atoms with Crippen molar-refractivity contribution in [2.24, 2.45) is 35.1 Å². The zero-order valence-electron chi connectivity index (χ0n) is 86.8. The third-order valence-electron chi connectivity index (χ3n) is 27.9. The summed E-state index contributed by atoms with van der Waals surface area (Å²) in [5.74, 6) is 3.50. The maximum absolute atomic E-state index is 12.9. The van der Waals surface area contributed by atoms with Gasteiger partial charge in [-0.2, -0.15) is 0 Å². The van der Waals surface area contributed by atoms with E-state index in [2.05, 4.69) is 237 Å². The molecule has 14 aromatic rings. The van der Waals surface area contributed by atoms with Gasteiger partial charge in [0, 0.05) is 53.9 Å². The molecule has 32 nitrogen and oxygen atoms in total. The molecule has 150 heavy (non-hydrogen) atoms. The molecule has 6 aliphatic rings. The molecule has 6 fully saturated rings. The average Bonchev–Trinajstić information content (AvgIpc) is 1.62. The van der Waals surface area contributed by atoms with E-state index in [9.17, 15) is 28.8 Å². The SMILES string of the molecule is CC(C)[C@@H](N)C(=O)N1CCC[C@H]1c1ncc(-c2ccc(-c3ccc(-c4cnc([C@@H]5CCCN5)[nH]4)cc3)cc2)[nH]1.CC(C)[C@@H](NC(=O)OCc1ccccc1)C(=O)O.CC(C)[C@H](N)C(=O)N1CCC[C@H]1c1ncc(-c2ccc(-c3ccc(-c4cnc([C@@H]5CCCN5)[nH]4)cc3)cc2)[nH]1.CC(C)[C@H](NC(=O)OCc1ccccc1)C(=O)O.[CH3-].[CH3-].[Pd].[Pd].c1cc(-c2cnc([C@@H]3CCCN3)[nH]2)ccc1-c1ccc(-c2cnc([C@@H]3CCCN3)[nH]2)cc1. The number of carbonyl (C=O) groups excluding carboxylic acids is 4. The number of amides is 4. The van der Waals surface area contributed by atoms with Crippen molar-refractivity contribution in [1.82, 2.24) is 102 Å². The molecule has 12 heterocycles. The normalized spacial score (nSPS) is 17.8. The van der Waals surface area contributed by atoms with Crippen LogP contribution in [0.3, 0.4) is 0 Å². The Hall–Kier alpha value is -13.5. The van der Waals surface area contributed by atoms with Crippen molar-refractivity contribution in [3.05, 3.63) is 304 Å². The number of aromatic amines is 6. The third kappa shape index (κ3) is 30.0. The van der Waals surface area contributed by atoms with Crippen molar-refractivity contribution >= 4 is 35.9 Å². The number of nitrogens with two attached hydrogens (primary N) is 2. The molecule has 0 unspecified atom stereocenters. The zero-order chi connectivity index (χ0) is 102. The summed E-state index contributed by atoms with van der Waals surface area (Å²) in [6, 6.07) is 68.4. The summed E-state index contributed by atoms with van der Waals surface area (Å²) in [4.78, 5) is 123. The monoisotopic (exact) mass is 2210 g/mol. The van der Waals surface area contributed by atoms with Crippen LogP contribution >= 0.6 is 0 Å². The van der Waals surface area contributed by atoms with E-state index in [4.69, 9.17) is 31.2 Å². The maximum Gasteiger partial charge on any atom is 0.408 e. The summed E-state index contributed by atoms with van der Waals surface area (Å²) < 4.78 is 9.89. The number of benzene rings is 8. The van der Waals surface area contributed by atoms with E-state index in [0.29, 0.717) is 24.2 Å². The first-order valence-corrected chi connectivity index (χ1v) is 51.2. The molecule has 10 atom stereocenters. The molecule has 6 aliphatic heterocycles. The summed E-state index contributed by atoms with van der Waals surface area (Å²) >= 11 is 0. The van der Waals surface area contributed by atoms with Crippen molar-refractivity contribution in [3.8, 4) is 101 Å². The van der Waals surface area contributed by atoms with E-state index in [0.717, 1.165) is 227 Å². The van der Waals surface area contributed by atoms with Gasteiger partial charge in [0.25, 0.3) is 0 Å². The van der Waals surface area contributed by atoms with Crippen LogP contribution in [-0.4, -0.2) is 179 Å². The van der Waals surface area contributed by atoms with Crippen LogP contribution in [0, 0.1) is 38.5 Å². The second-order valence-corrected chi connectivity index (χ2v) is 39.6. The molecule has 0 spiro atoms. The molecule has 6 saturated heterocycles. The van der Waals surface area contributed by atoms with Gasteiger partial charge in [-0.3, -0.25) is 9.59 Å². The van der Waals surface area contributed by atoms with Crippen LogP contribution in [0.25, 0.3) is 101 Å². The second kappa shape index (κ2) is 55.3. The van der Waals surface area contributed by atoms with Gasteiger partial charge >= 0.3 is 24.1 Å². The van der Waals surface area contributed by atoms with E-state index in [-0.39, 0.29) is 116 Å². The second-order valence-electron chi connectivity index (χ2n) is 39.6. The summed E-state index contributed by atoms with van der Waals surface area (Å²) in [5.41, 5.74) is 33.9. The van der Waals surface area contributed by atoms with Crippen LogP contribution in [-0.2, 0) is 82.7 Å². The largest absolute Gasteiger partial charge is 0.480 e. The van der Waals surface area contributed by atoms with Gasteiger partial charge in [-0.15, -0.1) is 0 Å². The molecule has 20 rings (SSSR count). The third-order valence-corrected chi connectivity index (χ3v) is 27.9. The Morgan fingerprint density at radius 3 is 0.747 bits per heavy atom. The maximum atomic E-state index is 12.9. The molecule has 34 heteroatoms. The number of nitrogens with one attached hydrogen (secondary N) is 12. The van der Waals surface area contributed by atoms with Crippen molar-refractivity contribution in [2.45, 2.75) is 206 Å². The Labute approximate surface area is 906 Å². The van der Waals surface area contributed by atoms with E-state index < -0.39 is 48.3 Å². The molecule has 8 aromatic carbocycles. The van der Waals surface area contributed by atoms with Crippen LogP contribution in [0.15, 0.2) is 243 Å². The van der Waals surface area contributed by atoms with Gasteiger partial charge in [0.15, 0.2) is 0 Å². The fourth-order valence-corrected chi connectivity index (χ4v) is 19.1. The Morgan fingerprint density at radius 2 is 0.540 bits per heavy atom. The molecule has 798 valence electrons. The number of rotatable bonds is 29. The van der Waals surface area contributed by atoms with Gasteiger partial charge in [-0.1, -0.05) is 262 Å². The Bertz CT molecular complexity index is 6170. The van der Waals surface area contributed by atoms with E-state index in [1.165, 1.54) is 36.8 Å². The van der Waals surface area contributed by atoms with Crippen molar-refractivity contribution in [2.75, 3.05) is 39.3 Å². The number of hydrogen-bond acceptors (Lipinski definition) is 20. The average molecular weight is 2220 g/mol. The van der Waals surface area contributed by atoms with Crippen LogP contribution in [0.2, 0.25) is 0 Å². The Morgan fingerprint density at radius 1 is 0.320 bits per heavy atom. The number of alkyl carbamates (subject to hydrolysis) is 2. The van der Waals surface area contributed by atoms with Crippen LogP contribution in [0.5, 0.6) is 0 Å². The molecule has 0 radical (unpaired) electrons. The minimum absolute atomic E-state index is 0. The number of imidazole rings is 6. The van der Waals surface area contributed by atoms with Crippen molar-refractivity contribution < 1.29 is 89.3 Å². The Kier molecular flexibility index (Phi) is 42.5. The predicted molar refractivity (Wildman–Crippen MR) is 579 cm³/mol. The summed E-state index contributed by atoms with van der Waals surface area (Å²) in [6.07, 6.45) is 23.1. The van der Waals surface area contributed by atoms with E-state index in [1.54, 1.807) is 27.7 Å². The summed E-state index contributed by atoms with van der Waals surface area (Å²) in [5, 5.41) is 36.4. The molecule has 0 aliphatic carbocycles. The minimum atomic E-state index is -1.07. The molecule has 0 bridgehead atoms. The number of likely N-dealkylation sites (tertiary alicyclic amines) is 2. The number of carboxylic acid groups (broad SMARTS) is 2. The fraction of sp³-hybridized carbons (Fsp3) is 0.362. The van der Waals surface area contributed by atoms with Gasteiger partial charge in [-0.05, 0) is 205 Å². The minimum Gasteiger partial charge on any atom is -0.480 e. The van der Waals surface area contributed by atoms with Gasteiger partial charge in [0.05, 0.1) is 120 Å². The van der Waals surface area contributed by atoms with Gasteiger partial charge in [0.1, 0.15) is 60.2 Å². The number of hydrogen-bond donors (Lipinski definition) is 16. The van der Waals surface area contributed by atoms with Gasteiger partial charge < -0.3 is 118 Å².